The van der Waals surface area contributed by atoms with Crippen LogP contribution in [0.4, 0.5) is 5.00 Å². The van der Waals surface area contributed by atoms with E-state index in [0.29, 0.717) is 27.6 Å². The maximum atomic E-state index is 12.5. The second-order valence-corrected chi connectivity index (χ2v) is 7.77. The molecule has 1 unspecified atom stereocenters. The van der Waals surface area contributed by atoms with E-state index in [1.807, 2.05) is 6.07 Å². The van der Waals surface area contributed by atoms with E-state index >= 15 is 0 Å². The van der Waals surface area contributed by atoms with Crippen LogP contribution in [0.3, 0.4) is 0 Å². The summed E-state index contributed by atoms with van der Waals surface area (Å²) < 4.78 is 6.40. The Balaban J connectivity index is 1.44. The number of thiazole rings is 1. The van der Waals surface area contributed by atoms with Crippen LogP contribution >= 0.6 is 22.7 Å². The molecule has 2 N–H and O–H groups in total. The van der Waals surface area contributed by atoms with Crippen molar-refractivity contribution in [3.05, 3.63) is 40.5 Å². The maximum Gasteiger partial charge on any atom is 0.285 e. The van der Waals surface area contributed by atoms with E-state index in [-0.39, 0.29) is 17.9 Å². The standard InChI is InChI=1S/C17H16N4O3S2/c22-14(19-8-10-2-1-6-24-10)11-4-7-25-16(11)21-15(23)17-20-12-9-18-5-3-13(12)26-17/h3-5,7,9-10H,1-2,6,8H2,(H,19,22)(H,21,23). The van der Waals surface area contributed by atoms with E-state index < -0.39 is 0 Å². The molecule has 4 heterocycles. The highest BCUT2D eigenvalue weighted by Gasteiger charge is 2.20. The fourth-order valence-corrected chi connectivity index (χ4v) is 4.33. The van der Waals surface area contributed by atoms with Crippen molar-refractivity contribution < 1.29 is 14.3 Å². The SMILES string of the molecule is O=C(Nc1sccc1C(=O)NCC1CCCO1)c1nc2cnccc2s1. The number of ether oxygens (including phenoxy) is 1. The highest BCUT2D eigenvalue weighted by molar-refractivity contribution is 7.20. The molecule has 0 bridgehead atoms. The third-order valence-electron chi connectivity index (χ3n) is 4.04. The number of anilines is 1. The first-order valence-corrected chi connectivity index (χ1v) is 9.89. The maximum absolute atomic E-state index is 12.5. The third kappa shape index (κ3) is 3.59. The molecule has 4 rings (SSSR count). The number of nitrogens with zero attached hydrogens (tertiary/aromatic N) is 2. The van der Waals surface area contributed by atoms with Crippen molar-refractivity contribution in [1.82, 2.24) is 15.3 Å². The van der Waals surface area contributed by atoms with Crippen molar-refractivity contribution in [2.24, 2.45) is 0 Å². The Kier molecular flexibility index (Phi) is 4.91. The van der Waals surface area contributed by atoms with Gasteiger partial charge in [0.2, 0.25) is 0 Å². The second kappa shape index (κ2) is 7.48. The summed E-state index contributed by atoms with van der Waals surface area (Å²) in [5.41, 5.74) is 1.13. The van der Waals surface area contributed by atoms with Crippen LogP contribution in [0.5, 0.6) is 0 Å². The molecule has 2 amide bonds. The van der Waals surface area contributed by atoms with Crippen LogP contribution in [0.2, 0.25) is 0 Å². The zero-order valence-corrected chi connectivity index (χ0v) is 15.4. The molecule has 7 nitrogen and oxygen atoms in total. The van der Waals surface area contributed by atoms with Crippen LogP contribution in [0, 0.1) is 0 Å². The van der Waals surface area contributed by atoms with Crippen molar-refractivity contribution in [1.29, 1.82) is 0 Å². The van der Waals surface area contributed by atoms with Gasteiger partial charge in [0, 0.05) is 19.3 Å². The predicted molar refractivity (Wildman–Crippen MR) is 101 cm³/mol. The molecule has 1 fully saturated rings. The van der Waals surface area contributed by atoms with Crippen molar-refractivity contribution in [2.45, 2.75) is 18.9 Å². The van der Waals surface area contributed by atoms with Crippen LogP contribution in [0.15, 0.2) is 29.9 Å². The van der Waals surface area contributed by atoms with Gasteiger partial charge in [-0.2, -0.15) is 0 Å². The molecule has 1 saturated heterocycles. The number of aromatic nitrogens is 2. The molecule has 0 radical (unpaired) electrons. The van der Waals surface area contributed by atoms with Gasteiger partial charge in [-0.1, -0.05) is 0 Å². The van der Waals surface area contributed by atoms with Crippen molar-refractivity contribution in [3.8, 4) is 0 Å². The number of carbonyl (C=O) groups excluding carboxylic acids is 2. The minimum Gasteiger partial charge on any atom is -0.376 e. The van der Waals surface area contributed by atoms with Gasteiger partial charge in [0.15, 0.2) is 5.01 Å². The van der Waals surface area contributed by atoms with Gasteiger partial charge in [-0.3, -0.25) is 14.6 Å². The Hall–Kier alpha value is -2.36. The number of nitrogens with one attached hydrogen (secondary N) is 2. The average molecular weight is 388 g/mol. The first-order chi connectivity index (χ1) is 12.7. The topological polar surface area (TPSA) is 93.2 Å². The quantitative estimate of drug-likeness (QED) is 0.701. The first-order valence-electron chi connectivity index (χ1n) is 8.20. The minimum absolute atomic E-state index is 0.0759. The van der Waals surface area contributed by atoms with E-state index in [1.165, 1.54) is 22.7 Å². The van der Waals surface area contributed by atoms with Crippen LogP contribution in [-0.2, 0) is 4.74 Å². The molecule has 1 atom stereocenters. The molecular formula is C17H16N4O3S2. The van der Waals surface area contributed by atoms with E-state index in [4.69, 9.17) is 4.74 Å². The highest BCUT2D eigenvalue weighted by atomic mass is 32.1. The van der Waals surface area contributed by atoms with Crippen LogP contribution in [0.1, 0.15) is 33.0 Å². The smallest absolute Gasteiger partial charge is 0.285 e. The lowest BCUT2D eigenvalue weighted by atomic mass is 10.2. The predicted octanol–water partition coefficient (Wildman–Crippen LogP) is 2.91. The van der Waals surface area contributed by atoms with Gasteiger partial charge in [0.05, 0.1) is 22.6 Å². The number of amides is 2. The number of hydrogen-bond acceptors (Lipinski definition) is 7. The first kappa shape index (κ1) is 17.1. The fraction of sp³-hybridized carbons (Fsp3) is 0.294. The molecule has 3 aromatic rings. The van der Waals surface area contributed by atoms with Crippen molar-refractivity contribution in [2.75, 3.05) is 18.5 Å². The molecule has 0 aromatic carbocycles. The monoisotopic (exact) mass is 388 g/mol. The Labute approximate surface area is 157 Å². The summed E-state index contributed by atoms with van der Waals surface area (Å²) >= 11 is 2.60. The molecule has 26 heavy (non-hydrogen) atoms. The van der Waals surface area contributed by atoms with Crippen LogP contribution in [0.25, 0.3) is 10.2 Å². The van der Waals surface area contributed by atoms with Gasteiger partial charge >= 0.3 is 0 Å². The lowest BCUT2D eigenvalue weighted by Crippen LogP contribution is -2.32. The molecule has 1 aliphatic heterocycles. The van der Waals surface area contributed by atoms with E-state index in [2.05, 4.69) is 20.6 Å². The van der Waals surface area contributed by atoms with Crippen molar-refractivity contribution >= 4 is 49.7 Å². The Morgan fingerprint density at radius 2 is 2.23 bits per heavy atom. The molecular weight excluding hydrogens is 372 g/mol. The zero-order chi connectivity index (χ0) is 17.9. The molecule has 9 heteroatoms. The van der Waals surface area contributed by atoms with Gasteiger partial charge < -0.3 is 15.4 Å². The Morgan fingerprint density at radius 1 is 1.31 bits per heavy atom. The van der Waals surface area contributed by atoms with E-state index in [9.17, 15) is 9.59 Å². The summed E-state index contributed by atoms with van der Waals surface area (Å²) in [7, 11) is 0. The third-order valence-corrected chi connectivity index (χ3v) is 5.90. The van der Waals surface area contributed by atoms with E-state index in [0.717, 1.165) is 24.1 Å². The van der Waals surface area contributed by atoms with Gasteiger partial charge in [-0.05, 0) is 30.4 Å². The summed E-state index contributed by atoms with van der Waals surface area (Å²) in [6.45, 7) is 1.23. The van der Waals surface area contributed by atoms with Gasteiger partial charge in [0.25, 0.3) is 11.8 Å². The average Bonchev–Trinajstić information content (AvgIpc) is 3.39. The van der Waals surface area contributed by atoms with Crippen molar-refractivity contribution in [3.63, 3.8) is 0 Å². The molecule has 1 aliphatic rings. The Bertz CT molecular complexity index is 913. The van der Waals surface area contributed by atoms with E-state index in [1.54, 1.807) is 23.8 Å². The second-order valence-electron chi connectivity index (χ2n) is 5.82. The molecule has 0 saturated carbocycles. The molecule has 134 valence electrons. The number of thiophene rings is 1. The lowest BCUT2D eigenvalue weighted by Gasteiger charge is -2.11. The van der Waals surface area contributed by atoms with Gasteiger partial charge in [-0.15, -0.1) is 22.7 Å². The van der Waals surface area contributed by atoms with Crippen LogP contribution < -0.4 is 10.6 Å². The van der Waals surface area contributed by atoms with Crippen LogP contribution in [-0.4, -0.2) is 41.0 Å². The summed E-state index contributed by atoms with van der Waals surface area (Å²) in [6.07, 6.45) is 5.35. The normalized spacial score (nSPS) is 16.7. The fourth-order valence-electron chi connectivity index (χ4n) is 2.73. The summed E-state index contributed by atoms with van der Waals surface area (Å²) in [4.78, 5) is 33.2. The summed E-state index contributed by atoms with van der Waals surface area (Å²) in [6, 6.07) is 3.52. The zero-order valence-electron chi connectivity index (χ0n) is 13.7. The minimum atomic E-state index is -0.332. The summed E-state index contributed by atoms with van der Waals surface area (Å²) in [5.74, 6) is -0.549. The molecule has 3 aromatic heterocycles. The summed E-state index contributed by atoms with van der Waals surface area (Å²) in [5, 5.41) is 8.29. The van der Waals surface area contributed by atoms with Gasteiger partial charge in [0.1, 0.15) is 10.5 Å². The number of pyridine rings is 1. The number of fused-ring (bicyclic) bond motifs is 1. The number of rotatable bonds is 5. The molecule has 0 aliphatic carbocycles. The highest BCUT2D eigenvalue weighted by Crippen LogP contribution is 2.26. The van der Waals surface area contributed by atoms with Gasteiger partial charge in [-0.25, -0.2) is 4.98 Å². The number of hydrogen-bond donors (Lipinski definition) is 2. The largest absolute Gasteiger partial charge is 0.376 e. The Morgan fingerprint density at radius 3 is 3.04 bits per heavy atom. The molecule has 0 spiro atoms. The lowest BCUT2D eigenvalue weighted by molar-refractivity contribution is 0.0859. The number of carbonyl (C=O) groups is 2.